The van der Waals surface area contributed by atoms with Crippen molar-refractivity contribution in [3.63, 3.8) is 0 Å². The van der Waals surface area contributed by atoms with Crippen LogP contribution in [0, 0.1) is 0 Å². The van der Waals surface area contributed by atoms with Gasteiger partial charge in [0.15, 0.2) is 0 Å². The van der Waals surface area contributed by atoms with Crippen molar-refractivity contribution in [3.8, 4) is 0 Å². The van der Waals surface area contributed by atoms with Crippen LogP contribution in [0.2, 0.25) is 0 Å². The van der Waals surface area contributed by atoms with Crippen molar-refractivity contribution >= 4 is 17.8 Å². The molecule has 0 aliphatic heterocycles. The lowest BCUT2D eigenvalue weighted by atomic mass is 10.5. The summed E-state index contributed by atoms with van der Waals surface area (Å²) in [5, 5.41) is 0. The Bertz CT molecular complexity index is 136. The molecule has 0 fully saturated rings. The Morgan fingerprint density at radius 1 is 1.78 bits per heavy atom. The number of alkyl halides is 1. The first kappa shape index (κ1) is 8.44. The smallest absolute Gasteiger partial charge is 0.0641 e. The Balaban J connectivity index is 3.57. The number of nitrogens with zero attached hydrogens (tertiary/aromatic N) is 1. The van der Waals surface area contributed by atoms with Gasteiger partial charge in [-0.2, -0.15) is 0 Å². The predicted octanol–water partition coefficient (Wildman–Crippen LogP) is 2.39. The lowest BCUT2D eigenvalue weighted by Crippen LogP contribution is -1.75. The molecule has 9 heavy (non-hydrogen) atoms. The maximum absolute atomic E-state index is 5.39. The molecule has 0 heterocycles. The average Bonchev–Trinajstić information content (AvgIpc) is 1.89. The average molecular weight is 144 g/mol. The molecule has 50 valence electrons. The summed E-state index contributed by atoms with van der Waals surface area (Å²) in [6, 6.07) is 0. The molecule has 0 saturated carbocycles. The fourth-order valence-corrected chi connectivity index (χ4v) is 0.338. The minimum Gasteiger partial charge on any atom is -0.261 e. The van der Waals surface area contributed by atoms with Gasteiger partial charge in [0.1, 0.15) is 0 Å². The quantitative estimate of drug-likeness (QED) is 0.425. The van der Waals surface area contributed by atoms with Crippen molar-refractivity contribution in [3.05, 3.63) is 24.4 Å². The van der Waals surface area contributed by atoms with Crippen LogP contribution in [0.5, 0.6) is 0 Å². The number of halogens is 1. The molecule has 0 spiro atoms. The lowest BCUT2D eigenvalue weighted by Gasteiger charge is -1.85. The minimum absolute atomic E-state index is 0.397. The molecule has 0 saturated heterocycles. The summed E-state index contributed by atoms with van der Waals surface area (Å²) in [4.78, 5) is 3.89. The Hall–Kier alpha value is -0.560. The van der Waals surface area contributed by atoms with E-state index in [9.17, 15) is 0 Å². The highest BCUT2D eigenvalue weighted by Gasteiger charge is 1.79. The van der Waals surface area contributed by atoms with Gasteiger partial charge in [0.25, 0.3) is 0 Å². The molecule has 2 heteroatoms. The monoisotopic (exact) mass is 143 g/mol. The second kappa shape index (κ2) is 5.57. The molecule has 0 N–H and O–H groups in total. The molecule has 0 unspecified atom stereocenters. The Morgan fingerprint density at radius 3 is 2.89 bits per heavy atom. The predicted molar refractivity (Wildman–Crippen MR) is 43.2 cm³/mol. The number of allylic oxidation sites excluding steroid dienone is 3. The second-order valence-electron chi connectivity index (χ2n) is 1.50. The van der Waals surface area contributed by atoms with Crippen molar-refractivity contribution in [1.29, 1.82) is 0 Å². The molecule has 0 atom stereocenters. The first-order valence-corrected chi connectivity index (χ1v) is 3.23. The van der Waals surface area contributed by atoms with Gasteiger partial charge in [-0.25, -0.2) is 0 Å². The largest absolute Gasteiger partial charge is 0.261 e. The molecule has 0 radical (unpaired) electrons. The first-order chi connectivity index (χ1) is 4.31. The van der Waals surface area contributed by atoms with E-state index in [0.717, 1.165) is 0 Å². The highest BCUT2D eigenvalue weighted by molar-refractivity contribution is 6.19. The van der Waals surface area contributed by atoms with Crippen LogP contribution in [0.15, 0.2) is 29.4 Å². The Morgan fingerprint density at radius 2 is 2.44 bits per heavy atom. The van der Waals surface area contributed by atoms with Crippen LogP contribution in [-0.2, 0) is 0 Å². The summed E-state index contributed by atoms with van der Waals surface area (Å²) in [5.41, 5.74) is 0.690. The second-order valence-corrected chi connectivity index (χ2v) is 1.77. The minimum atomic E-state index is 0.397. The molecule has 0 rings (SSSR count). The van der Waals surface area contributed by atoms with E-state index in [-0.39, 0.29) is 0 Å². The van der Waals surface area contributed by atoms with Gasteiger partial charge < -0.3 is 0 Å². The summed E-state index contributed by atoms with van der Waals surface area (Å²) in [7, 11) is 0. The molecule has 0 aliphatic carbocycles. The number of rotatable bonds is 3. The zero-order valence-electron chi connectivity index (χ0n) is 5.47. The maximum atomic E-state index is 5.39. The molecular formula is C7H10ClN. The van der Waals surface area contributed by atoms with Gasteiger partial charge in [0.2, 0.25) is 0 Å². The first-order valence-electron chi connectivity index (χ1n) is 2.70. The van der Waals surface area contributed by atoms with Crippen molar-refractivity contribution in [2.75, 3.05) is 5.88 Å². The van der Waals surface area contributed by atoms with Crippen molar-refractivity contribution in [2.45, 2.75) is 6.92 Å². The maximum Gasteiger partial charge on any atom is 0.0641 e. The number of aliphatic imine (C=N–C) groups is 1. The van der Waals surface area contributed by atoms with Crippen LogP contribution in [0.4, 0.5) is 0 Å². The molecule has 1 nitrogen and oxygen atoms in total. The molecule has 0 amide bonds. The van der Waals surface area contributed by atoms with E-state index >= 15 is 0 Å². The zero-order chi connectivity index (χ0) is 7.11. The Kier molecular flexibility index (Phi) is 5.23. The Labute approximate surface area is 60.7 Å². The summed E-state index contributed by atoms with van der Waals surface area (Å²) >= 11 is 5.39. The topological polar surface area (TPSA) is 12.4 Å². The highest BCUT2D eigenvalue weighted by atomic mass is 35.5. The van der Waals surface area contributed by atoms with Crippen LogP contribution in [0.1, 0.15) is 6.92 Å². The lowest BCUT2D eigenvalue weighted by molar-refractivity contribution is 1.35. The van der Waals surface area contributed by atoms with Gasteiger partial charge in [-0.1, -0.05) is 12.7 Å². The summed E-state index contributed by atoms with van der Waals surface area (Å²) < 4.78 is 0. The van der Waals surface area contributed by atoms with E-state index in [0.29, 0.717) is 11.6 Å². The molecule has 0 bridgehead atoms. The van der Waals surface area contributed by atoms with Gasteiger partial charge in [-0.05, 0) is 13.0 Å². The van der Waals surface area contributed by atoms with Crippen molar-refractivity contribution in [1.82, 2.24) is 0 Å². The fourth-order valence-electron chi connectivity index (χ4n) is 0.269. The van der Waals surface area contributed by atoms with Crippen LogP contribution < -0.4 is 0 Å². The van der Waals surface area contributed by atoms with Crippen LogP contribution >= 0.6 is 11.6 Å². The molecule has 0 aromatic rings. The van der Waals surface area contributed by atoms with E-state index in [1.807, 2.05) is 19.1 Å². The van der Waals surface area contributed by atoms with Gasteiger partial charge in [0.05, 0.1) is 5.88 Å². The molecule has 0 aromatic carbocycles. The van der Waals surface area contributed by atoms with Gasteiger partial charge in [0, 0.05) is 11.9 Å². The SMILES string of the molecule is C=C(CCl)/N=C\C=C/C. The van der Waals surface area contributed by atoms with Crippen LogP contribution in [-0.4, -0.2) is 12.1 Å². The highest BCUT2D eigenvalue weighted by Crippen LogP contribution is 1.92. The van der Waals surface area contributed by atoms with E-state index in [1.54, 1.807) is 6.21 Å². The molecule has 0 aromatic heterocycles. The van der Waals surface area contributed by atoms with E-state index in [4.69, 9.17) is 11.6 Å². The van der Waals surface area contributed by atoms with Gasteiger partial charge in [-0.3, -0.25) is 4.99 Å². The normalized spacial score (nSPS) is 11.3. The zero-order valence-corrected chi connectivity index (χ0v) is 6.23. The summed E-state index contributed by atoms with van der Waals surface area (Å²) in [6.07, 6.45) is 5.40. The van der Waals surface area contributed by atoms with E-state index in [1.165, 1.54) is 0 Å². The fraction of sp³-hybridized carbons (Fsp3) is 0.286. The third-order valence-corrected chi connectivity index (χ3v) is 0.998. The van der Waals surface area contributed by atoms with Crippen LogP contribution in [0.25, 0.3) is 0 Å². The number of hydrogen-bond acceptors (Lipinski definition) is 1. The van der Waals surface area contributed by atoms with Crippen molar-refractivity contribution in [2.24, 2.45) is 4.99 Å². The summed E-state index contributed by atoms with van der Waals surface area (Å²) in [5.74, 6) is 0.397. The van der Waals surface area contributed by atoms with Gasteiger partial charge >= 0.3 is 0 Å². The molecule has 0 aliphatic rings. The standard InChI is InChI=1S/C7H10ClN/c1-3-4-5-9-7(2)6-8/h3-5H,2,6H2,1H3/b4-3-,9-5-. The van der Waals surface area contributed by atoms with Crippen LogP contribution in [0.3, 0.4) is 0 Å². The number of hydrogen-bond donors (Lipinski definition) is 0. The summed E-state index contributed by atoms with van der Waals surface area (Å²) in [6.45, 7) is 5.51. The van der Waals surface area contributed by atoms with Crippen molar-refractivity contribution < 1.29 is 0 Å². The third-order valence-electron chi connectivity index (χ3n) is 0.690. The third kappa shape index (κ3) is 5.31. The van der Waals surface area contributed by atoms with E-state index in [2.05, 4.69) is 11.6 Å². The van der Waals surface area contributed by atoms with Gasteiger partial charge in [-0.15, -0.1) is 11.6 Å². The van der Waals surface area contributed by atoms with E-state index < -0.39 is 0 Å². The molecular weight excluding hydrogens is 134 g/mol.